The van der Waals surface area contributed by atoms with Crippen LogP contribution in [0.1, 0.15) is 38.8 Å². The number of nitrogens with zero attached hydrogens (tertiary/aromatic N) is 2. The van der Waals surface area contributed by atoms with E-state index in [2.05, 4.69) is 15.8 Å². The number of nitro groups is 1. The number of aryl methyl sites for hydroxylation is 1. The Kier molecular flexibility index (Phi) is 6.97. The molecule has 0 aliphatic rings. The van der Waals surface area contributed by atoms with E-state index in [1.807, 2.05) is 0 Å². The van der Waals surface area contributed by atoms with Crippen LogP contribution in [0.15, 0.2) is 71.8 Å². The highest BCUT2D eigenvalue weighted by atomic mass is 35.5. The Morgan fingerprint density at radius 2 is 1.62 bits per heavy atom. The normalized spacial score (nSPS) is 11.0. The van der Waals surface area contributed by atoms with E-state index in [4.69, 9.17) is 11.6 Å². The van der Waals surface area contributed by atoms with Crippen molar-refractivity contribution >= 4 is 40.5 Å². The Morgan fingerprint density at radius 1 is 0.938 bits per heavy atom. The topological polar surface area (TPSA) is 114 Å². The molecule has 9 heteroatoms. The van der Waals surface area contributed by atoms with E-state index in [1.165, 1.54) is 18.2 Å². The van der Waals surface area contributed by atoms with E-state index in [-0.39, 0.29) is 17.2 Å². The van der Waals surface area contributed by atoms with Gasteiger partial charge in [-0.2, -0.15) is 5.10 Å². The van der Waals surface area contributed by atoms with Gasteiger partial charge in [0.05, 0.1) is 10.6 Å². The molecule has 2 amide bonds. The van der Waals surface area contributed by atoms with Crippen LogP contribution in [0.4, 0.5) is 11.4 Å². The third-order valence-corrected chi connectivity index (χ3v) is 4.85. The number of nitro benzene ring substituents is 1. The first-order valence-electron chi connectivity index (χ1n) is 9.51. The van der Waals surface area contributed by atoms with E-state index in [9.17, 15) is 19.7 Å². The number of benzene rings is 3. The fourth-order valence-electron chi connectivity index (χ4n) is 2.87. The average molecular weight is 451 g/mol. The van der Waals surface area contributed by atoms with Crippen molar-refractivity contribution in [3.63, 3.8) is 0 Å². The van der Waals surface area contributed by atoms with Crippen molar-refractivity contribution in [3.05, 3.63) is 104 Å². The largest absolute Gasteiger partial charge is 0.322 e. The van der Waals surface area contributed by atoms with Crippen LogP contribution in [0.25, 0.3) is 0 Å². The van der Waals surface area contributed by atoms with Crippen LogP contribution >= 0.6 is 11.6 Å². The molecule has 0 fully saturated rings. The fraction of sp³-hybridized carbons (Fsp3) is 0.0870. The molecular weight excluding hydrogens is 432 g/mol. The summed E-state index contributed by atoms with van der Waals surface area (Å²) in [7, 11) is 0. The molecule has 2 N–H and O–H groups in total. The molecule has 0 spiro atoms. The summed E-state index contributed by atoms with van der Waals surface area (Å²) < 4.78 is 0. The van der Waals surface area contributed by atoms with E-state index in [0.717, 1.165) is 0 Å². The lowest BCUT2D eigenvalue weighted by molar-refractivity contribution is -0.385. The lowest BCUT2D eigenvalue weighted by Crippen LogP contribution is -2.19. The van der Waals surface area contributed by atoms with Gasteiger partial charge in [0.15, 0.2) is 0 Å². The molecule has 8 nitrogen and oxygen atoms in total. The number of amides is 2. The molecular formula is C23H19ClN4O4. The van der Waals surface area contributed by atoms with Crippen LogP contribution in [0.2, 0.25) is 5.02 Å². The number of nitrogens with one attached hydrogen (secondary N) is 2. The first kappa shape index (κ1) is 22.6. The zero-order valence-electron chi connectivity index (χ0n) is 17.3. The minimum Gasteiger partial charge on any atom is -0.322 e. The van der Waals surface area contributed by atoms with Gasteiger partial charge < -0.3 is 5.32 Å². The van der Waals surface area contributed by atoms with Gasteiger partial charge in [-0.25, -0.2) is 5.43 Å². The van der Waals surface area contributed by atoms with Crippen molar-refractivity contribution in [2.75, 3.05) is 5.32 Å². The molecule has 3 aromatic carbocycles. The summed E-state index contributed by atoms with van der Waals surface area (Å²) in [6.45, 7) is 3.29. The van der Waals surface area contributed by atoms with Crippen LogP contribution in [0, 0.1) is 17.0 Å². The number of carbonyl (C=O) groups excluding carboxylic acids is 2. The predicted octanol–water partition coefficient (Wildman–Crippen LogP) is 4.96. The summed E-state index contributed by atoms with van der Waals surface area (Å²) in [6, 6.07) is 17.8. The zero-order valence-corrected chi connectivity index (χ0v) is 18.0. The summed E-state index contributed by atoms with van der Waals surface area (Å²) in [5.41, 5.74) is 4.97. The molecule has 0 radical (unpaired) electrons. The average Bonchev–Trinajstić information content (AvgIpc) is 2.77. The Bertz CT molecular complexity index is 1240. The number of anilines is 1. The highest BCUT2D eigenvalue weighted by molar-refractivity contribution is 6.31. The van der Waals surface area contributed by atoms with E-state index in [1.54, 1.807) is 62.4 Å². The molecule has 0 aliphatic carbocycles. The minimum atomic E-state index is -0.571. The molecule has 0 aliphatic heterocycles. The van der Waals surface area contributed by atoms with Gasteiger partial charge in [0, 0.05) is 33.5 Å². The summed E-state index contributed by atoms with van der Waals surface area (Å²) >= 11 is 5.93. The van der Waals surface area contributed by atoms with Crippen LogP contribution in [-0.2, 0) is 0 Å². The Morgan fingerprint density at radius 3 is 2.34 bits per heavy atom. The van der Waals surface area contributed by atoms with Crippen molar-refractivity contribution in [1.82, 2.24) is 5.43 Å². The highest BCUT2D eigenvalue weighted by Gasteiger charge is 2.15. The van der Waals surface area contributed by atoms with Crippen molar-refractivity contribution in [2.24, 2.45) is 5.10 Å². The molecule has 162 valence electrons. The van der Waals surface area contributed by atoms with E-state index in [0.29, 0.717) is 33.1 Å². The first-order chi connectivity index (χ1) is 15.2. The van der Waals surface area contributed by atoms with Gasteiger partial charge in [-0.1, -0.05) is 35.9 Å². The van der Waals surface area contributed by atoms with Gasteiger partial charge in [0.25, 0.3) is 17.5 Å². The number of hydrazone groups is 1. The van der Waals surface area contributed by atoms with Gasteiger partial charge in [-0.05, 0) is 55.8 Å². The van der Waals surface area contributed by atoms with Gasteiger partial charge in [0.2, 0.25) is 0 Å². The first-order valence-corrected chi connectivity index (χ1v) is 9.89. The maximum atomic E-state index is 12.4. The zero-order chi connectivity index (χ0) is 23.3. The summed E-state index contributed by atoms with van der Waals surface area (Å²) in [5.74, 6) is -0.883. The number of hydrogen-bond donors (Lipinski definition) is 2. The molecule has 0 saturated carbocycles. The number of rotatable bonds is 6. The van der Waals surface area contributed by atoms with Crippen molar-refractivity contribution in [1.29, 1.82) is 0 Å². The molecule has 32 heavy (non-hydrogen) atoms. The van der Waals surface area contributed by atoms with Crippen LogP contribution in [0.3, 0.4) is 0 Å². The molecule has 0 saturated heterocycles. The standard InChI is InChI=1S/C23H19ClN4O4/c1-14-9-10-18(13-21(14)28(31)32)23(30)27-26-15(2)16-5-4-8-20(12-16)25-22(29)17-6-3-7-19(24)11-17/h3-13H,1-2H3,(H,25,29)(H,27,30)/b26-15-. The molecule has 3 aromatic rings. The number of carbonyl (C=O) groups is 2. The number of hydrogen-bond acceptors (Lipinski definition) is 5. The molecule has 0 heterocycles. The minimum absolute atomic E-state index is 0.126. The van der Waals surface area contributed by atoms with Gasteiger partial charge in [0.1, 0.15) is 0 Å². The second-order valence-electron chi connectivity index (χ2n) is 6.94. The van der Waals surface area contributed by atoms with Crippen molar-refractivity contribution in [3.8, 4) is 0 Å². The monoisotopic (exact) mass is 450 g/mol. The SMILES string of the molecule is C/C(=N/NC(=O)c1ccc(C)c([N+](=O)[O-])c1)c1cccc(NC(=O)c2cccc(Cl)c2)c1. The Balaban J connectivity index is 1.72. The molecule has 3 rings (SSSR count). The lowest BCUT2D eigenvalue weighted by Gasteiger charge is -2.08. The second-order valence-corrected chi connectivity index (χ2v) is 7.38. The van der Waals surface area contributed by atoms with Crippen molar-refractivity contribution in [2.45, 2.75) is 13.8 Å². The maximum Gasteiger partial charge on any atom is 0.273 e. The highest BCUT2D eigenvalue weighted by Crippen LogP contribution is 2.19. The predicted molar refractivity (Wildman–Crippen MR) is 123 cm³/mol. The Labute approximate surface area is 189 Å². The van der Waals surface area contributed by atoms with Crippen molar-refractivity contribution < 1.29 is 14.5 Å². The van der Waals surface area contributed by atoms with Gasteiger partial charge in [-0.15, -0.1) is 0 Å². The smallest absolute Gasteiger partial charge is 0.273 e. The molecule has 0 bridgehead atoms. The van der Waals surface area contributed by atoms with E-state index >= 15 is 0 Å². The van der Waals surface area contributed by atoms with E-state index < -0.39 is 10.8 Å². The quantitative estimate of drug-likeness (QED) is 0.313. The lowest BCUT2D eigenvalue weighted by atomic mass is 10.1. The number of halogens is 1. The molecule has 0 atom stereocenters. The van der Waals surface area contributed by atoms with Gasteiger partial charge >= 0.3 is 0 Å². The summed E-state index contributed by atoms with van der Waals surface area (Å²) in [5, 5.41) is 18.4. The van der Waals surface area contributed by atoms with Crippen LogP contribution in [0.5, 0.6) is 0 Å². The Hall–Kier alpha value is -4.04. The molecule has 0 aromatic heterocycles. The fourth-order valence-corrected chi connectivity index (χ4v) is 3.06. The molecule has 0 unspecified atom stereocenters. The summed E-state index contributed by atoms with van der Waals surface area (Å²) in [6.07, 6.45) is 0. The van der Waals surface area contributed by atoms with Crippen LogP contribution < -0.4 is 10.7 Å². The third-order valence-electron chi connectivity index (χ3n) is 4.62. The maximum absolute atomic E-state index is 12.4. The summed E-state index contributed by atoms with van der Waals surface area (Å²) in [4.78, 5) is 35.3. The van der Waals surface area contributed by atoms with Gasteiger partial charge in [-0.3, -0.25) is 19.7 Å². The third kappa shape index (κ3) is 5.55. The second kappa shape index (κ2) is 9.84. The van der Waals surface area contributed by atoms with Crippen LogP contribution in [-0.4, -0.2) is 22.4 Å².